The Balaban J connectivity index is 1.44. The number of hydrogen-bond donors (Lipinski definition) is 1. The van der Waals surface area contributed by atoms with Crippen molar-refractivity contribution in [2.24, 2.45) is 17.8 Å². The second-order valence-corrected chi connectivity index (χ2v) is 7.73. The topological polar surface area (TPSA) is 15.3 Å². The molecule has 0 aromatic carbocycles. The third kappa shape index (κ3) is 2.58. The zero-order chi connectivity index (χ0) is 12.8. The Kier molecular flexibility index (Phi) is 3.35. The first-order chi connectivity index (χ1) is 9.35. The second kappa shape index (κ2) is 5.04. The summed E-state index contributed by atoms with van der Waals surface area (Å²) in [6, 6.07) is 2.61. The van der Waals surface area contributed by atoms with Gasteiger partial charge in [-0.2, -0.15) is 0 Å². The van der Waals surface area contributed by atoms with Crippen molar-refractivity contribution in [3.05, 3.63) is 0 Å². The van der Waals surface area contributed by atoms with Crippen LogP contribution in [0.2, 0.25) is 0 Å². The smallest absolute Gasteiger partial charge is 0.0113 e. The van der Waals surface area contributed by atoms with E-state index in [-0.39, 0.29) is 0 Å². The lowest BCUT2D eigenvalue weighted by atomic mass is 9.80. The van der Waals surface area contributed by atoms with Crippen molar-refractivity contribution >= 4 is 0 Å². The summed E-state index contributed by atoms with van der Waals surface area (Å²) in [5.41, 5.74) is 0. The number of nitrogens with one attached hydrogen (secondary N) is 1. The molecule has 0 spiro atoms. The highest BCUT2D eigenvalue weighted by Gasteiger charge is 2.45. The van der Waals surface area contributed by atoms with Crippen LogP contribution in [0.1, 0.15) is 57.8 Å². The van der Waals surface area contributed by atoms with Gasteiger partial charge >= 0.3 is 0 Å². The maximum absolute atomic E-state index is 3.55. The van der Waals surface area contributed by atoms with Gasteiger partial charge in [0.05, 0.1) is 0 Å². The quantitative estimate of drug-likeness (QED) is 0.819. The molecule has 2 heterocycles. The summed E-state index contributed by atoms with van der Waals surface area (Å²) in [6.45, 7) is 1.46. The molecule has 2 saturated heterocycles. The molecule has 4 rings (SSSR count). The summed E-state index contributed by atoms with van der Waals surface area (Å²) in [7, 11) is 2.16. The number of fused-ring (bicyclic) bond motifs is 2. The minimum atomic E-state index is 0.798. The zero-order valence-corrected chi connectivity index (χ0v) is 12.5. The molecule has 2 aliphatic heterocycles. The molecule has 108 valence electrons. The SMILES string of the molecule is CNC1CC2CCCC(C1)N2CC(C1CC1)C1CC1. The van der Waals surface area contributed by atoms with Crippen LogP contribution in [0.3, 0.4) is 0 Å². The van der Waals surface area contributed by atoms with E-state index >= 15 is 0 Å². The first-order valence-corrected chi connectivity index (χ1v) is 8.78. The highest BCUT2D eigenvalue weighted by atomic mass is 15.2. The Morgan fingerprint density at radius 2 is 1.53 bits per heavy atom. The number of piperidine rings is 2. The van der Waals surface area contributed by atoms with E-state index in [9.17, 15) is 0 Å². The lowest BCUT2D eigenvalue weighted by Crippen LogP contribution is -2.57. The first-order valence-electron chi connectivity index (χ1n) is 8.78. The van der Waals surface area contributed by atoms with Crippen molar-refractivity contribution in [2.45, 2.75) is 75.9 Å². The lowest BCUT2D eigenvalue weighted by molar-refractivity contribution is 0.00793. The molecule has 2 atom stereocenters. The van der Waals surface area contributed by atoms with Gasteiger partial charge in [0, 0.05) is 24.7 Å². The van der Waals surface area contributed by atoms with Crippen LogP contribution in [-0.2, 0) is 0 Å². The molecule has 2 nitrogen and oxygen atoms in total. The molecule has 0 amide bonds. The van der Waals surface area contributed by atoms with Gasteiger partial charge in [-0.1, -0.05) is 6.42 Å². The Hall–Kier alpha value is -0.0800. The highest BCUT2D eigenvalue weighted by molar-refractivity contribution is 4.99. The Labute approximate surface area is 118 Å². The first kappa shape index (κ1) is 12.6. The van der Waals surface area contributed by atoms with Crippen LogP contribution in [0.15, 0.2) is 0 Å². The van der Waals surface area contributed by atoms with Crippen LogP contribution < -0.4 is 5.32 Å². The summed E-state index contributed by atoms with van der Waals surface area (Å²) in [5.74, 6) is 3.32. The molecule has 2 aliphatic carbocycles. The van der Waals surface area contributed by atoms with Gasteiger partial charge in [0.2, 0.25) is 0 Å². The number of hydrogen-bond acceptors (Lipinski definition) is 2. The van der Waals surface area contributed by atoms with Crippen LogP contribution in [0, 0.1) is 17.8 Å². The van der Waals surface area contributed by atoms with Crippen molar-refractivity contribution in [1.82, 2.24) is 10.2 Å². The summed E-state index contributed by atoms with van der Waals surface area (Å²) in [4.78, 5) is 2.97. The van der Waals surface area contributed by atoms with Crippen LogP contribution >= 0.6 is 0 Å². The van der Waals surface area contributed by atoms with E-state index in [1.807, 2.05) is 0 Å². The highest BCUT2D eigenvalue weighted by Crippen LogP contribution is 2.50. The van der Waals surface area contributed by atoms with Gasteiger partial charge in [0.15, 0.2) is 0 Å². The Bertz CT molecular complexity index is 295. The summed E-state index contributed by atoms with van der Waals surface area (Å²) in [5, 5.41) is 3.55. The average molecular weight is 262 g/mol. The van der Waals surface area contributed by atoms with E-state index in [0.717, 1.165) is 35.9 Å². The molecule has 4 aliphatic rings. The van der Waals surface area contributed by atoms with E-state index in [2.05, 4.69) is 17.3 Å². The molecule has 2 heteroatoms. The molecule has 0 radical (unpaired) electrons. The van der Waals surface area contributed by atoms with Crippen molar-refractivity contribution in [2.75, 3.05) is 13.6 Å². The largest absolute Gasteiger partial charge is 0.317 e. The summed E-state index contributed by atoms with van der Waals surface area (Å²) >= 11 is 0. The Morgan fingerprint density at radius 1 is 0.947 bits per heavy atom. The fourth-order valence-corrected chi connectivity index (χ4v) is 4.99. The third-order valence-corrected chi connectivity index (χ3v) is 6.41. The van der Waals surface area contributed by atoms with Gasteiger partial charge in [-0.3, -0.25) is 4.90 Å². The van der Waals surface area contributed by atoms with E-state index in [0.29, 0.717) is 0 Å². The average Bonchev–Trinajstić information content (AvgIpc) is 3.28. The molecule has 2 saturated carbocycles. The van der Waals surface area contributed by atoms with E-state index in [4.69, 9.17) is 0 Å². The van der Waals surface area contributed by atoms with Crippen molar-refractivity contribution in [3.8, 4) is 0 Å². The standard InChI is InChI=1S/C17H30N2/c1-18-14-9-15-3-2-4-16(10-14)19(15)11-17(12-5-6-12)13-7-8-13/h12-18H,2-11H2,1H3. The molecular formula is C17H30N2. The number of nitrogens with zero attached hydrogens (tertiary/aromatic N) is 1. The van der Waals surface area contributed by atoms with Gasteiger partial charge in [-0.25, -0.2) is 0 Å². The molecule has 2 unspecified atom stereocenters. The van der Waals surface area contributed by atoms with Crippen molar-refractivity contribution in [1.29, 1.82) is 0 Å². The molecule has 2 bridgehead atoms. The van der Waals surface area contributed by atoms with Gasteiger partial charge in [0.25, 0.3) is 0 Å². The molecule has 1 N–H and O–H groups in total. The van der Waals surface area contributed by atoms with Crippen molar-refractivity contribution in [3.63, 3.8) is 0 Å². The van der Waals surface area contributed by atoms with Gasteiger partial charge in [-0.15, -0.1) is 0 Å². The van der Waals surface area contributed by atoms with Crippen molar-refractivity contribution < 1.29 is 0 Å². The summed E-state index contributed by atoms with van der Waals surface area (Å²) in [6.07, 6.45) is 13.4. The monoisotopic (exact) mass is 262 g/mol. The van der Waals surface area contributed by atoms with Crippen LogP contribution in [0.5, 0.6) is 0 Å². The molecule has 19 heavy (non-hydrogen) atoms. The van der Waals surface area contributed by atoms with E-state index in [1.54, 1.807) is 25.7 Å². The molecule has 0 aromatic heterocycles. The second-order valence-electron chi connectivity index (χ2n) is 7.73. The van der Waals surface area contributed by atoms with Crippen LogP contribution in [-0.4, -0.2) is 36.6 Å². The predicted octanol–water partition coefficient (Wildman–Crippen LogP) is 3.03. The van der Waals surface area contributed by atoms with E-state index in [1.165, 1.54) is 38.6 Å². The summed E-state index contributed by atoms with van der Waals surface area (Å²) < 4.78 is 0. The molecule has 4 fully saturated rings. The minimum Gasteiger partial charge on any atom is -0.317 e. The fourth-order valence-electron chi connectivity index (χ4n) is 4.99. The third-order valence-electron chi connectivity index (χ3n) is 6.41. The zero-order valence-electron chi connectivity index (χ0n) is 12.5. The van der Waals surface area contributed by atoms with Gasteiger partial charge in [0.1, 0.15) is 0 Å². The lowest BCUT2D eigenvalue weighted by Gasteiger charge is -2.50. The molecular weight excluding hydrogens is 232 g/mol. The minimum absolute atomic E-state index is 0.798. The predicted molar refractivity (Wildman–Crippen MR) is 79.2 cm³/mol. The maximum Gasteiger partial charge on any atom is 0.0113 e. The van der Waals surface area contributed by atoms with Crippen LogP contribution in [0.4, 0.5) is 0 Å². The Morgan fingerprint density at radius 3 is 2.00 bits per heavy atom. The van der Waals surface area contributed by atoms with Gasteiger partial charge < -0.3 is 5.32 Å². The van der Waals surface area contributed by atoms with Crippen LogP contribution in [0.25, 0.3) is 0 Å². The fraction of sp³-hybridized carbons (Fsp3) is 1.00. The van der Waals surface area contributed by atoms with Gasteiger partial charge in [-0.05, 0) is 76.2 Å². The molecule has 0 aromatic rings. The maximum atomic E-state index is 3.55. The number of rotatable bonds is 5. The van der Waals surface area contributed by atoms with E-state index < -0.39 is 0 Å². The normalized spacial score (nSPS) is 39.8.